The van der Waals surface area contributed by atoms with Crippen LogP contribution in [-0.4, -0.2) is 4.57 Å². The summed E-state index contributed by atoms with van der Waals surface area (Å²) in [6.07, 6.45) is 6.96. The van der Waals surface area contributed by atoms with Gasteiger partial charge in [0.05, 0.1) is 0 Å². The molecule has 1 heterocycles. The molecular weight excluding hydrogens is 170 g/mol. The second-order valence-corrected chi connectivity index (χ2v) is 3.21. The third-order valence-corrected chi connectivity index (χ3v) is 2.24. The molecule has 0 aliphatic rings. The predicted molar refractivity (Wildman–Crippen MR) is 59.7 cm³/mol. The summed E-state index contributed by atoms with van der Waals surface area (Å²) in [4.78, 5) is 0. The van der Waals surface area contributed by atoms with Crippen LogP contribution in [0.25, 0.3) is 5.69 Å². The summed E-state index contributed by atoms with van der Waals surface area (Å²) < 4.78 is 2.12. The molecule has 0 radical (unpaired) electrons. The molecule has 0 amide bonds. The number of hydrogen-bond acceptors (Lipinski definition) is 0. The van der Waals surface area contributed by atoms with Gasteiger partial charge < -0.3 is 4.57 Å². The van der Waals surface area contributed by atoms with Gasteiger partial charge in [0.1, 0.15) is 0 Å². The number of hydrogen-bond donors (Lipinski definition) is 0. The summed E-state index contributed by atoms with van der Waals surface area (Å²) >= 11 is 0. The van der Waals surface area contributed by atoms with Crippen molar-refractivity contribution in [2.75, 3.05) is 0 Å². The first-order chi connectivity index (χ1) is 6.92. The fourth-order valence-corrected chi connectivity index (χ4v) is 1.59. The van der Waals surface area contributed by atoms with Gasteiger partial charge in [-0.05, 0) is 30.2 Å². The third kappa shape index (κ3) is 1.62. The molecule has 0 saturated carbocycles. The minimum absolute atomic E-state index is 0.911. The van der Waals surface area contributed by atoms with Crippen molar-refractivity contribution in [2.45, 2.75) is 6.42 Å². The molecule has 2 aromatic rings. The molecule has 1 aromatic carbocycles. The molecule has 2 rings (SSSR count). The smallest absolute Gasteiger partial charge is 0.0484 e. The molecule has 0 fully saturated rings. The topological polar surface area (TPSA) is 4.93 Å². The van der Waals surface area contributed by atoms with Crippen LogP contribution in [0.4, 0.5) is 0 Å². The lowest BCUT2D eigenvalue weighted by atomic mass is 10.1. The normalized spacial score (nSPS) is 10.0. The number of nitrogens with zero attached hydrogens (tertiary/aromatic N) is 1. The van der Waals surface area contributed by atoms with Gasteiger partial charge in [-0.25, -0.2) is 0 Å². The van der Waals surface area contributed by atoms with Crippen molar-refractivity contribution in [3.05, 3.63) is 67.0 Å². The van der Waals surface area contributed by atoms with Crippen LogP contribution >= 0.6 is 0 Å². The second kappa shape index (κ2) is 3.97. The Morgan fingerprint density at radius 2 is 1.79 bits per heavy atom. The Hall–Kier alpha value is -1.76. The van der Waals surface area contributed by atoms with Crippen molar-refractivity contribution in [1.82, 2.24) is 4.57 Å². The van der Waals surface area contributed by atoms with Gasteiger partial charge in [0.25, 0.3) is 0 Å². The van der Waals surface area contributed by atoms with Crippen LogP contribution in [0.5, 0.6) is 0 Å². The van der Waals surface area contributed by atoms with Gasteiger partial charge in [-0.15, -0.1) is 6.58 Å². The summed E-state index contributed by atoms with van der Waals surface area (Å²) in [5, 5.41) is 0. The van der Waals surface area contributed by atoms with E-state index in [9.17, 15) is 0 Å². The highest BCUT2D eigenvalue weighted by atomic mass is 14.9. The summed E-state index contributed by atoms with van der Waals surface area (Å²) in [7, 11) is 0. The summed E-state index contributed by atoms with van der Waals surface area (Å²) in [6, 6.07) is 12.4. The molecule has 1 nitrogen and oxygen atoms in total. The highest BCUT2D eigenvalue weighted by Crippen LogP contribution is 2.15. The maximum Gasteiger partial charge on any atom is 0.0484 e. The summed E-state index contributed by atoms with van der Waals surface area (Å²) in [5.74, 6) is 0. The van der Waals surface area contributed by atoms with E-state index in [1.807, 2.05) is 18.2 Å². The number of rotatable bonds is 3. The standard InChI is InChI=1S/C13H13N/c1-2-7-12-8-3-4-9-13(12)14-10-5-6-11-14/h2-6,8-11H,1,7H2. The zero-order valence-corrected chi connectivity index (χ0v) is 8.06. The van der Waals surface area contributed by atoms with E-state index in [-0.39, 0.29) is 0 Å². The summed E-state index contributed by atoms with van der Waals surface area (Å²) in [6.45, 7) is 3.77. The molecule has 0 bridgehead atoms. The van der Waals surface area contributed by atoms with Crippen LogP contribution in [0.2, 0.25) is 0 Å². The van der Waals surface area contributed by atoms with Crippen LogP contribution < -0.4 is 0 Å². The molecule has 0 atom stereocenters. The molecule has 1 aromatic heterocycles. The van der Waals surface area contributed by atoms with Crippen LogP contribution in [0.15, 0.2) is 61.4 Å². The molecular formula is C13H13N. The fraction of sp³-hybridized carbons (Fsp3) is 0.0769. The molecule has 1 heteroatoms. The first-order valence-electron chi connectivity index (χ1n) is 4.74. The molecule has 0 aliphatic carbocycles. The zero-order chi connectivity index (χ0) is 9.80. The molecule has 14 heavy (non-hydrogen) atoms. The molecule has 0 N–H and O–H groups in total. The predicted octanol–water partition coefficient (Wildman–Crippen LogP) is 3.21. The monoisotopic (exact) mass is 183 g/mol. The minimum atomic E-state index is 0.911. The van der Waals surface area contributed by atoms with Crippen molar-refractivity contribution < 1.29 is 0 Å². The number of allylic oxidation sites excluding steroid dienone is 1. The minimum Gasteiger partial charge on any atom is -0.324 e. The first kappa shape index (κ1) is 8.82. The molecule has 0 spiro atoms. The Morgan fingerprint density at radius 1 is 1.07 bits per heavy atom. The zero-order valence-electron chi connectivity index (χ0n) is 8.06. The summed E-state index contributed by atoms with van der Waals surface area (Å²) in [5.41, 5.74) is 2.54. The van der Waals surface area contributed by atoms with E-state index in [4.69, 9.17) is 0 Å². The highest BCUT2D eigenvalue weighted by molar-refractivity contribution is 5.42. The van der Waals surface area contributed by atoms with E-state index < -0.39 is 0 Å². The SMILES string of the molecule is C=CCc1ccccc1-n1cccc1. The van der Waals surface area contributed by atoms with Crippen molar-refractivity contribution in [1.29, 1.82) is 0 Å². The van der Waals surface area contributed by atoms with Gasteiger partial charge in [0.15, 0.2) is 0 Å². The van der Waals surface area contributed by atoms with Crippen molar-refractivity contribution in [3.63, 3.8) is 0 Å². The average Bonchev–Trinajstić information content (AvgIpc) is 2.72. The maximum atomic E-state index is 3.77. The third-order valence-electron chi connectivity index (χ3n) is 2.24. The molecule has 0 aliphatic heterocycles. The average molecular weight is 183 g/mol. The second-order valence-electron chi connectivity index (χ2n) is 3.21. The van der Waals surface area contributed by atoms with Crippen LogP contribution in [0, 0.1) is 0 Å². The Kier molecular flexibility index (Phi) is 2.50. The lowest BCUT2D eigenvalue weighted by Gasteiger charge is -2.08. The Labute approximate surface area is 84.3 Å². The van der Waals surface area contributed by atoms with Crippen molar-refractivity contribution in [2.24, 2.45) is 0 Å². The Balaban J connectivity index is 2.46. The van der Waals surface area contributed by atoms with Gasteiger partial charge in [-0.2, -0.15) is 0 Å². The highest BCUT2D eigenvalue weighted by Gasteiger charge is 1.99. The molecule has 0 saturated heterocycles. The van der Waals surface area contributed by atoms with Crippen molar-refractivity contribution in [3.8, 4) is 5.69 Å². The lowest BCUT2D eigenvalue weighted by Crippen LogP contribution is -1.95. The van der Waals surface area contributed by atoms with Crippen LogP contribution in [0.1, 0.15) is 5.56 Å². The molecule has 0 unspecified atom stereocenters. The quantitative estimate of drug-likeness (QED) is 0.644. The van der Waals surface area contributed by atoms with Gasteiger partial charge >= 0.3 is 0 Å². The van der Waals surface area contributed by atoms with E-state index in [0.717, 1.165) is 6.42 Å². The van der Waals surface area contributed by atoms with E-state index in [0.29, 0.717) is 0 Å². The molecule has 70 valence electrons. The number of para-hydroxylation sites is 1. The van der Waals surface area contributed by atoms with Gasteiger partial charge in [-0.3, -0.25) is 0 Å². The maximum absolute atomic E-state index is 3.77. The van der Waals surface area contributed by atoms with Crippen LogP contribution in [-0.2, 0) is 6.42 Å². The van der Waals surface area contributed by atoms with E-state index >= 15 is 0 Å². The van der Waals surface area contributed by atoms with Crippen LogP contribution in [0.3, 0.4) is 0 Å². The van der Waals surface area contributed by atoms with Gasteiger partial charge in [0.2, 0.25) is 0 Å². The van der Waals surface area contributed by atoms with E-state index in [1.54, 1.807) is 0 Å². The largest absolute Gasteiger partial charge is 0.324 e. The Morgan fingerprint density at radius 3 is 2.50 bits per heavy atom. The van der Waals surface area contributed by atoms with Gasteiger partial charge in [0, 0.05) is 18.1 Å². The lowest BCUT2D eigenvalue weighted by molar-refractivity contribution is 1.04. The van der Waals surface area contributed by atoms with Crippen molar-refractivity contribution >= 4 is 0 Å². The van der Waals surface area contributed by atoms with E-state index in [1.165, 1.54) is 11.3 Å². The van der Waals surface area contributed by atoms with Gasteiger partial charge in [-0.1, -0.05) is 24.3 Å². The Bertz CT molecular complexity index is 413. The number of aromatic nitrogens is 1. The number of benzene rings is 1. The first-order valence-corrected chi connectivity index (χ1v) is 4.74. The van der Waals surface area contributed by atoms with E-state index in [2.05, 4.69) is 47.8 Å². The fourth-order valence-electron chi connectivity index (χ4n) is 1.59.